The summed E-state index contributed by atoms with van der Waals surface area (Å²) in [5.74, 6) is 0.202. The number of hydrogen-bond donors (Lipinski definition) is 1. The van der Waals surface area contributed by atoms with E-state index in [0.717, 1.165) is 6.42 Å². The van der Waals surface area contributed by atoms with Crippen molar-refractivity contribution in [2.45, 2.75) is 31.4 Å². The van der Waals surface area contributed by atoms with Gasteiger partial charge < -0.3 is 9.64 Å². The second-order valence-electron chi connectivity index (χ2n) is 5.58. The van der Waals surface area contributed by atoms with Gasteiger partial charge in [-0.15, -0.1) is 0 Å². The number of rotatable bonds is 2. The van der Waals surface area contributed by atoms with E-state index in [9.17, 15) is 13.2 Å². The number of nitrogens with zero attached hydrogens (tertiary/aromatic N) is 1. The van der Waals surface area contributed by atoms with Crippen LogP contribution in [0.25, 0.3) is 0 Å². The number of ether oxygens (including phenoxy) is 1. The maximum atomic E-state index is 12.5. The molecule has 0 radical (unpaired) electrons. The van der Waals surface area contributed by atoms with Gasteiger partial charge in [-0.2, -0.15) is 0 Å². The van der Waals surface area contributed by atoms with E-state index in [1.807, 2.05) is 6.92 Å². The highest BCUT2D eigenvalue weighted by Crippen LogP contribution is 2.26. The summed E-state index contributed by atoms with van der Waals surface area (Å²) in [5.41, 5.74) is 0. The van der Waals surface area contributed by atoms with Gasteiger partial charge in [-0.05, 0) is 25.2 Å². The number of likely N-dealkylation sites (tertiary alicyclic amines) is 1. The zero-order valence-corrected chi connectivity index (χ0v) is 12.1. The lowest BCUT2D eigenvalue weighted by Crippen LogP contribution is -2.50. The Kier molecular flexibility index (Phi) is 4.47. The molecule has 0 bridgehead atoms. The number of hydrogen-bond acceptors (Lipinski definition) is 4. The molecule has 0 aromatic carbocycles. The maximum Gasteiger partial charge on any atom is 0.226 e. The summed E-state index contributed by atoms with van der Waals surface area (Å²) >= 11 is 0. The van der Waals surface area contributed by atoms with Gasteiger partial charge in [0.25, 0.3) is 0 Å². The van der Waals surface area contributed by atoms with Gasteiger partial charge in [0.2, 0.25) is 15.9 Å². The van der Waals surface area contributed by atoms with Crippen LogP contribution in [0.15, 0.2) is 0 Å². The van der Waals surface area contributed by atoms with Crippen LogP contribution in [0.3, 0.4) is 0 Å². The molecule has 6 nitrogen and oxygen atoms in total. The Morgan fingerprint density at radius 1 is 1.37 bits per heavy atom. The first-order valence-corrected chi connectivity index (χ1v) is 8.38. The highest BCUT2D eigenvalue weighted by Gasteiger charge is 2.36. The average Bonchev–Trinajstić information content (AvgIpc) is 2.38. The van der Waals surface area contributed by atoms with Crippen molar-refractivity contribution < 1.29 is 17.9 Å². The second-order valence-corrected chi connectivity index (χ2v) is 7.43. The lowest BCUT2D eigenvalue weighted by molar-refractivity contribution is -0.142. The third-order valence-electron chi connectivity index (χ3n) is 4.11. The van der Waals surface area contributed by atoms with Gasteiger partial charge in [0, 0.05) is 32.2 Å². The largest absolute Gasteiger partial charge is 0.381 e. The zero-order chi connectivity index (χ0) is 14.0. The summed E-state index contributed by atoms with van der Waals surface area (Å²) in [6.45, 7) is 4.08. The molecule has 0 aromatic heterocycles. The lowest BCUT2D eigenvalue weighted by Gasteiger charge is -2.37. The van der Waals surface area contributed by atoms with Crippen molar-refractivity contribution >= 4 is 15.9 Å². The SMILES string of the molecule is CC1COCCC1C(=O)N1CCCC(S(N)(=O)=O)C1. The van der Waals surface area contributed by atoms with Crippen LogP contribution in [0.1, 0.15) is 26.2 Å². The molecule has 110 valence electrons. The first kappa shape index (κ1) is 14.7. The molecule has 2 aliphatic heterocycles. The number of carbonyl (C=O) groups excluding carboxylic acids is 1. The number of amides is 1. The predicted molar refractivity (Wildman–Crippen MR) is 70.8 cm³/mol. The van der Waals surface area contributed by atoms with Gasteiger partial charge >= 0.3 is 0 Å². The molecular weight excluding hydrogens is 268 g/mol. The molecule has 1 amide bonds. The number of carbonyl (C=O) groups is 1. The van der Waals surface area contributed by atoms with E-state index in [1.54, 1.807) is 4.90 Å². The number of piperidine rings is 1. The van der Waals surface area contributed by atoms with E-state index in [0.29, 0.717) is 32.6 Å². The zero-order valence-electron chi connectivity index (χ0n) is 11.2. The van der Waals surface area contributed by atoms with E-state index in [2.05, 4.69) is 0 Å². The average molecular weight is 290 g/mol. The second kappa shape index (κ2) is 5.76. The summed E-state index contributed by atoms with van der Waals surface area (Å²) in [5, 5.41) is 4.58. The monoisotopic (exact) mass is 290 g/mol. The summed E-state index contributed by atoms with van der Waals surface area (Å²) in [6, 6.07) is 0. The van der Waals surface area contributed by atoms with E-state index in [4.69, 9.17) is 9.88 Å². The first-order valence-electron chi connectivity index (χ1n) is 6.77. The summed E-state index contributed by atoms with van der Waals surface area (Å²) in [4.78, 5) is 14.1. The first-order chi connectivity index (χ1) is 8.89. The number of sulfonamides is 1. The van der Waals surface area contributed by atoms with Crippen molar-refractivity contribution in [3.8, 4) is 0 Å². The summed E-state index contributed by atoms with van der Waals surface area (Å²) in [7, 11) is -3.56. The molecule has 3 atom stereocenters. The normalized spacial score (nSPS) is 33.2. The van der Waals surface area contributed by atoms with Crippen LogP contribution in [0, 0.1) is 11.8 Å². The molecule has 0 saturated carbocycles. The third-order valence-corrected chi connectivity index (χ3v) is 5.43. The van der Waals surface area contributed by atoms with Gasteiger partial charge in [0.15, 0.2) is 0 Å². The molecule has 0 aromatic rings. The Morgan fingerprint density at radius 3 is 2.74 bits per heavy atom. The van der Waals surface area contributed by atoms with Crippen LogP contribution in [0.2, 0.25) is 0 Å². The van der Waals surface area contributed by atoms with Crippen molar-refractivity contribution in [2.24, 2.45) is 17.0 Å². The minimum atomic E-state index is -3.56. The maximum absolute atomic E-state index is 12.5. The minimum Gasteiger partial charge on any atom is -0.381 e. The molecule has 2 heterocycles. The fourth-order valence-electron chi connectivity index (χ4n) is 2.89. The molecule has 7 heteroatoms. The van der Waals surface area contributed by atoms with Gasteiger partial charge in [-0.1, -0.05) is 6.92 Å². The van der Waals surface area contributed by atoms with Crippen LogP contribution in [0.5, 0.6) is 0 Å². The molecule has 2 saturated heterocycles. The van der Waals surface area contributed by atoms with Gasteiger partial charge in [-0.3, -0.25) is 4.79 Å². The Morgan fingerprint density at radius 2 is 2.11 bits per heavy atom. The Balaban J connectivity index is 2.02. The van der Waals surface area contributed by atoms with Crippen LogP contribution in [0.4, 0.5) is 0 Å². The van der Waals surface area contributed by atoms with Crippen molar-refractivity contribution in [3.63, 3.8) is 0 Å². The van der Waals surface area contributed by atoms with E-state index >= 15 is 0 Å². The molecule has 2 rings (SSSR count). The molecule has 19 heavy (non-hydrogen) atoms. The molecule has 2 N–H and O–H groups in total. The van der Waals surface area contributed by atoms with Gasteiger partial charge in [0.1, 0.15) is 0 Å². The molecule has 2 aliphatic rings. The van der Waals surface area contributed by atoms with Crippen molar-refractivity contribution in [2.75, 3.05) is 26.3 Å². The Bertz CT molecular complexity index is 437. The van der Waals surface area contributed by atoms with E-state index in [1.165, 1.54) is 0 Å². The summed E-state index contributed by atoms with van der Waals surface area (Å²) in [6.07, 6.45) is 1.97. The van der Waals surface area contributed by atoms with Crippen LogP contribution < -0.4 is 5.14 Å². The minimum absolute atomic E-state index is 0.0482. The van der Waals surface area contributed by atoms with Crippen molar-refractivity contribution in [3.05, 3.63) is 0 Å². The van der Waals surface area contributed by atoms with Crippen LogP contribution >= 0.6 is 0 Å². The van der Waals surface area contributed by atoms with E-state index in [-0.39, 0.29) is 24.3 Å². The quantitative estimate of drug-likeness (QED) is 0.771. The molecule has 2 fully saturated rings. The van der Waals surface area contributed by atoms with Crippen LogP contribution in [-0.4, -0.2) is 50.8 Å². The summed E-state index contributed by atoms with van der Waals surface area (Å²) < 4.78 is 28.2. The van der Waals surface area contributed by atoms with Gasteiger partial charge in [-0.25, -0.2) is 13.6 Å². The molecule has 0 aliphatic carbocycles. The fourth-order valence-corrected chi connectivity index (χ4v) is 3.77. The topological polar surface area (TPSA) is 89.7 Å². The number of primary sulfonamides is 1. The van der Waals surface area contributed by atoms with Crippen molar-refractivity contribution in [1.29, 1.82) is 0 Å². The highest BCUT2D eigenvalue weighted by molar-refractivity contribution is 7.89. The highest BCUT2D eigenvalue weighted by atomic mass is 32.2. The smallest absolute Gasteiger partial charge is 0.226 e. The Hall–Kier alpha value is -0.660. The van der Waals surface area contributed by atoms with Crippen LogP contribution in [-0.2, 0) is 19.6 Å². The van der Waals surface area contributed by atoms with Crippen molar-refractivity contribution in [1.82, 2.24) is 4.90 Å². The van der Waals surface area contributed by atoms with E-state index < -0.39 is 15.3 Å². The fraction of sp³-hybridized carbons (Fsp3) is 0.917. The third kappa shape index (κ3) is 3.46. The Labute approximate surface area is 114 Å². The molecule has 3 unspecified atom stereocenters. The lowest BCUT2D eigenvalue weighted by atomic mass is 9.88. The van der Waals surface area contributed by atoms with Gasteiger partial charge in [0.05, 0.1) is 5.25 Å². The standard InChI is InChI=1S/C12H22N2O4S/c1-9-8-18-6-4-11(9)12(15)14-5-2-3-10(7-14)19(13,16)17/h9-11H,2-8H2,1H3,(H2,13,16,17). The molecule has 0 spiro atoms. The number of nitrogens with two attached hydrogens (primary N) is 1. The molecular formula is C12H22N2O4S. The predicted octanol–water partition coefficient (Wildman–Crippen LogP) is -0.0615.